The van der Waals surface area contributed by atoms with E-state index < -0.39 is 0 Å². The van der Waals surface area contributed by atoms with E-state index in [2.05, 4.69) is 39.4 Å². The fourth-order valence-electron chi connectivity index (χ4n) is 3.27. The SMILES string of the molecule is Cc1n[nH]c2ncc(C(=O)N3CC[C@@H](c4ccccc4)C3)cc12. The summed E-state index contributed by atoms with van der Waals surface area (Å²) >= 11 is 0. The standard InChI is InChI=1S/C18H18N4O/c1-12-16-9-15(10-19-17(16)21-20-12)18(23)22-8-7-14(11-22)13-5-3-2-4-6-13/h2-6,9-10,14H,7-8,11H2,1H3,(H,19,20,21)/t14-/m1/s1. The van der Waals surface area contributed by atoms with Gasteiger partial charge in [-0.25, -0.2) is 4.98 Å². The number of aromatic nitrogens is 3. The molecule has 2 aromatic heterocycles. The molecule has 1 aromatic carbocycles. The van der Waals surface area contributed by atoms with Gasteiger partial charge in [-0.3, -0.25) is 9.89 Å². The number of H-pyrrole nitrogens is 1. The summed E-state index contributed by atoms with van der Waals surface area (Å²) in [7, 11) is 0. The first kappa shape index (κ1) is 13.9. The van der Waals surface area contributed by atoms with Crippen molar-refractivity contribution in [2.24, 2.45) is 0 Å². The molecule has 3 aromatic rings. The first-order valence-electron chi connectivity index (χ1n) is 7.87. The summed E-state index contributed by atoms with van der Waals surface area (Å²) < 4.78 is 0. The Morgan fingerprint density at radius 1 is 1.30 bits per heavy atom. The van der Waals surface area contributed by atoms with Gasteiger partial charge in [0, 0.05) is 30.6 Å². The first-order valence-corrected chi connectivity index (χ1v) is 7.87. The maximum atomic E-state index is 12.8. The zero-order valence-electron chi connectivity index (χ0n) is 13.0. The van der Waals surface area contributed by atoms with Gasteiger partial charge in [-0.2, -0.15) is 5.10 Å². The molecule has 23 heavy (non-hydrogen) atoms. The molecule has 0 bridgehead atoms. The van der Waals surface area contributed by atoms with Crippen molar-refractivity contribution in [2.75, 3.05) is 13.1 Å². The summed E-state index contributed by atoms with van der Waals surface area (Å²) in [6.45, 7) is 3.47. The van der Waals surface area contributed by atoms with Crippen LogP contribution in [0.3, 0.4) is 0 Å². The third-order valence-electron chi connectivity index (χ3n) is 4.60. The molecule has 1 aliphatic heterocycles. The third kappa shape index (κ3) is 2.48. The van der Waals surface area contributed by atoms with Crippen molar-refractivity contribution in [3.8, 4) is 0 Å². The van der Waals surface area contributed by atoms with Crippen LogP contribution >= 0.6 is 0 Å². The fourth-order valence-corrected chi connectivity index (χ4v) is 3.27. The molecular weight excluding hydrogens is 288 g/mol. The van der Waals surface area contributed by atoms with Crippen molar-refractivity contribution in [2.45, 2.75) is 19.3 Å². The lowest BCUT2D eigenvalue weighted by atomic mass is 9.99. The van der Waals surface area contributed by atoms with E-state index in [4.69, 9.17) is 0 Å². The average Bonchev–Trinajstić information content (AvgIpc) is 3.22. The van der Waals surface area contributed by atoms with Crippen LogP contribution in [0.25, 0.3) is 11.0 Å². The summed E-state index contributed by atoms with van der Waals surface area (Å²) in [5, 5.41) is 7.91. The summed E-state index contributed by atoms with van der Waals surface area (Å²) in [5.41, 5.74) is 3.53. The smallest absolute Gasteiger partial charge is 0.255 e. The summed E-state index contributed by atoms with van der Waals surface area (Å²) in [5.74, 6) is 0.478. The lowest BCUT2D eigenvalue weighted by Crippen LogP contribution is -2.28. The molecular formula is C18H18N4O. The number of carbonyl (C=O) groups is 1. The van der Waals surface area contributed by atoms with Crippen LogP contribution in [0, 0.1) is 6.92 Å². The Hall–Kier alpha value is -2.69. The van der Waals surface area contributed by atoms with Crippen molar-refractivity contribution in [1.29, 1.82) is 0 Å². The van der Waals surface area contributed by atoms with E-state index in [-0.39, 0.29) is 5.91 Å². The molecule has 5 nitrogen and oxygen atoms in total. The van der Waals surface area contributed by atoms with Crippen molar-refractivity contribution in [1.82, 2.24) is 20.1 Å². The van der Waals surface area contributed by atoms with E-state index in [0.717, 1.165) is 36.2 Å². The molecule has 4 rings (SSSR count). The number of amides is 1. The normalized spacial score (nSPS) is 17.8. The Morgan fingerprint density at radius 3 is 2.96 bits per heavy atom. The molecule has 0 unspecified atom stereocenters. The minimum Gasteiger partial charge on any atom is -0.338 e. The summed E-state index contributed by atoms with van der Waals surface area (Å²) in [4.78, 5) is 19.0. The van der Waals surface area contributed by atoms with Crippen LogP contribution < -0.4 is 0 Å². The fraction of sp³-hybridized carbons (Fsp3) is 0.278. The van der Waals surface area contributed by atoms with Crippen molar-refractivity contribution in [3.63, 3.8) is 0 Å². The Labute approximate surface area is 134 Å². The van der Waals surface area contributed by atoms with E-state index in [1.165, 1.54) is 5.56 Å². The number of likely N-dealkylation sites (tertiary alicyclic amines) is 1. The highest BCUT2D eigenvalue weighted by Crippen LogP contribution is 2.28. The minimum atomic E-state index is 0.0541. The molecule has 1 saturated heterocycles. The van der Waals surface area contributed by atoms with E-state index in [1.807, 2.05) is 24.0 Å². The van der Waals surface area contributed by atoms with E-state index in [0.29, 0.717) is 11.5 Å². The predicted molar refractivity (Wildman–Crippen MR) is 88.3 cm³/mol. The number of carbonyl (C=O) groups excluding carboxylic acids is 1. The predicted octanol–water partition coefficient (Wildman–Crippen LogP) is 2.90. The molecule has 1 atom stereocenters. The number of rotatable bonds is 2. The molecule has 5 heteroatoms. The number of hydrogen-bond acceptors (Lipinski definition) is 3. The highest BCUT2D eigenvalue weighted by atomic mass is 16.2. The lowest BCUT2D eigenvalue weighted by Gasteiger charge is -2.16. The van der Waals surface area contributed by atoms with Gasteiger partial charge in [0.25, 0.3) is 5.91 Å². The average molecular weight is 306 g/mol. The van der Waals surface area contributed by atoms with Gasteiger partial charge in [0.05, 0.1) is 11.3 Å². The lowest BCUT2D eigenvalue weighted by molar-refractivity contribution is 0.0790. The third-order valence-corrected chi connectivity index (χ3v) is 4.60. The highest BCUT2D eigenvalue weighted by molar-refractivity contribution is 5.97. The molecule has 1 aliphatic rings. The summed E-state index contributed by atoms with van der Waals surface area (Å²) in [6.07, 6.45) is 2.65. The van der Waals surface area contributed by atoms with Gasteiger partial charge in [-0.1, -0.05) is 30.3 Å². The number of benzene rings is 1. The van der Waals surface area contributed by atoms with Gasteiger partial charge >= 0.3 is 0 Å². The largest absolute Gasteiger partial charge is 0.338 e. The van der Waals surface area contributed by atoms with Gasteiger partial charge in [0.15, 0.2) is 5.65 Å². The quantitative estimate of drug-likeness (QED) is 0.792. The Bertz CT molecular complexity index is 856. The Kier molecular flexibility index (Phi) is 3.33. The highest BCUT2D eigenvalue weighted by Gasteiger charge is 2.28. The van der Waals surface area contributed by atoms with Crippen LogP contribution in [0.4, 0.5) is 0 Å². The number of aryl methyl sites for hydroxylation is 1. The Balaban J connectivity index is 1.56. The van der Waals surface area contributed by atoms with E-state index >= 15 is 0 Å². The van der Waals surface area contributed by atoms with Gasteiger partial charge in [-0.15, -0.1) is 0 Å². The van der Waals surface area contributed by atoms with Crippen molar-refractivity contribution < 1.29 is 4.79 Å². The van der Waals surface area contributed by atoms with Gasteiger partial charge in [0.2, 0.25) is 0 Å². The van der Waals surface area contributed by atoms with E-state index in [1.54, 1.807) is 6.20 Å². The van der Waals surface area contributed by atoms with Gasteiger partial charge in [-0.05, 0) is 25.0 Å². The second-order valence-electron chi connectivity index (χ2n) is 6.08. The van der Waals surface area contributed by atoms with Crippen LogP contribution in [0.2, 0.25) is 0 Å². The molecule has 0 spiro atoms. The number of hydrogen-bond donors (Lipinski definition) is 1. The first-order chi connectivity index (χ1) is 11.2. The number of pyridine rings is 1. The number of nitrogens with zero attached hydrogens (tertiary/aromatic N) is 3. The van der Waals surface area contributed by atoms with Crippen molar-refractivity contribution >= 4 is 16.9 Å². The maximum Gasteiger partial charge on any atom is 0.255 e. The monoisotopic (exact) mass is 306 g/mol. The molecule has 0 radical (unpaired) electrons. The molecule has 3 heterocycles. The Morgan fingerprint density at radius 2 is 2.13 bits per heavy atom. The molecule has 1 N–H and O–H groups in total. The molecule has 0 aliphatic carbocycles. The zero-order chi connectivity index (χ0) is 15.8. The van der Waals surface area contributed by atoms with Crippen LogP contribution in [-0.2, 0) is 0 Å². The van der Waals surface area contributed by atoms with Gasteiger partial charge < -0.3 is 4.90 Å². The topological polar surface area (TPSA) is 61.9 Å². The van der Waals surface area contributed by atoms with Crippen LogP contribution in [0.1, 0.15) is 34.0 Å². The van der Waals surface area contributed by atoms with E-state index in [9.17, 15) is 4.79 Å². The number of aromatic amines is 1. The van der Waals surface area contributed by atoms with Crippen LogP contribution in [0.5, 0.6) is 0 Å². The number of fused-ring (bicyclic) bond motifs is 1. The zero-order valence-corrected chi connectivity index (χ0v) is 13.0. The van der Waals surface area contributed by atoms with Crippen LogP contribution in [-0.4, -0.2) is 39.1 Å². The molecule has 1 fully saturated rings. The molecule has 0 saturated carbocycles. The molecule has 1 amide bonds. The second kappa shape index (κ2) is 5.50. The molecule has 116 valence electrons. The second-order valence-corrected chi connectivity index (χ2v) is 6.08. The maximum absolute atomic E-state index is 12.8. The van der Waals surface area contributed by atoms with Crippen LogP contribution in [0.15, 0.2) is 42.6 Å². The summed E-state index contributed by atoms with van der Waals surface area (Å²) in [6, 6.07) is 12.3. The van der Waals surface area contributed by atoms with Crippen molar-refractivity contribution in [3.05, 3.63) is 59.4 Å². The minimum absolute atomic E-state index is 0.0541. The number of nitrogens with one attached hydrogen (secondary N) is 1. The van der Waals surface area contributed by atoms with Gasteiger partial charge in [0.1, 0.15) is 0 Å².